The van der Waals surface area contributed by atoms with Crippen molar-refractivity contribution in [3.8, 4) is 5.75 Å². The summed E-state index contributed by atoms with van der Waals surface area (Å²) in [5, 5.41) is 3.86. The van der Waals surface area contributed by atoms with Crippen LogP contribution in [0.5, 0.6) is 5.75 Å². The number of ether oxygens (including phenoxy) is 1. The van der Waals surface area contributed by atoms with Gasteiger partial charge in [0.15, 0.2) is 0 Å². The van der Waals surface area contributed by atoms with E-state index in [4.69, 9.17) is 4.74 Å². The van der Waals surface area contributed by atoms with Gasteiger partial charge >= 0.3 is 0 Å². The largest absolute Gasteiger partial charge is 0.490 e. The van der Waals surface area contributed by atoms with E-state index in [9.17, 15) is 13.2 Å². The molecule has 0 atom stereocenters. The van der Waals surface area contributed by atoms with Gasteiger partial charge in [0, 0.05) is 0 Å². The van der Waals surface area contributed by atoms with Gasteiger partial charge in [0.25, 0.3) is 5.91 Å². The number of rotatable bonds is 9. The van der Waals surface area contributed by atoms with Crippen LogP contribution < -0.4 is 14.5 Å². The Labute approximate surface area is 159 Å². The predicted molar refractivity (Wildman–Crippen MR) is 107 cm³/mol. The molecule has 7 nitrogen and oxygen atoms in total. The molecule has 1 amide bonds. The smallest absolute Gasteiger partial charge is 0.260 e. The Balaban J connectivity index is 1.96. The van der Waals surface area contributed by atoms with Crippen LogP contribution in [0.1, 0.15) is 5.56 Å². The number of carbonyl (C=O) groups is 1. The van der Waals surface area contributed by atoms with E-state index in [1.807, 2.05) is 0 Å². The molecule has 2 aromatic rings. The molecule has 142 valence electrons. The molecule has 8 heteroatoms. The number of hydrazone groups is 1. The summed E-state index contributed by atoms with van der Waals surface area (Å²) in [6, 6.07) is 15.5. The SMILES string of the molecule is C=CCOc1ccc(/C=N\NC(=O)CN(c2ccccc2)S(C)(=O)=O)cc1. The standard InChI is InChI=1S/C19H21N3O4S/c1-3-13-26-18-11-9-16(10-12-18)14-20-21-19(23)15-22(27(2,24)25)17-7-5-4-6-8-17/h3-12,14H,1,13,15H2,2H3,(H,21,23)/b20-14-. The van der Waals surface area contributed by atoms with Crippen molar-refractivity contribution in [1.29, 1.82) is 0 Å². The molecule has 27 heavy (non-hydrogen) atoms. The number of para-hydroxylation sites is 1. The van der Waals surface area contributed by atoms with Crippen molar-refractivity contribution in [1.82, 2.24) is 5.43 Å². The lowest BCUT2D eigenvalue weighted by atomic mass is 10.2. The highest BCUT2D eigenvalue weighted by molar-refractivity contribution is 7.92. The highest BCUT2D eigenvalue weighted by Gasteiger charge is 2.20. The fraction of sp³-hybridized carbons (Fsp3) is 0.158. The predicted octanol–water partition coefficient (Wildman–Crippen LogP) is 2.17. The quantitative estimate of drug-likeness (QED) is 0.406. The Hall–Kier alpha value is -3.13. The number of hydrogen-bond acceptors (Lipinski definition) is 5. The number of anilines is 1. The van der Waals surface area contributed by atoms with E-state index in [-0.39, 0.29) is 6.54 Å². The number of benzene rings is 2. The van der Waals surface area contributed by atoms with E-state index >= 15 is 0 Å². The van der Waals surface area contributed by atoms with Crippen LogP contribution in [0.4, 0.5) is 5.69 Å². The summed E-state index contributed by atoms with van der Waals surface area (Å²) in [5.41, 5.74) is 3.50. The monoisotopic (exact) mass is 387 g/mol. The number of nitrogens with zero attached hydrogens (tertiary/aromatic N) is 2. The molecule has 0 saturated heterocycles. The summed E-state index contributed by atoms with van der Waals surface area (Å²) >= 11 is 0. The second-order valence-corrected chi connectivity index (χ2v) is 7.47. The minimum atomic E-state index is -3.60. The molecule has 0 bridgehead atoms. The van der Waals surface area contributed by atoms with Crippen LogP contribution in [0, 0.1) is 0 Å². The number of carbonyl (C=O) groups excluding carboxylic acids is 1. The minimum Gasteiger partial charge on any atom is -0.490 e. The van der Waals surface area contributed by atoms with Crippen molar-refractivity contribution < 1.29 is 17.9 Å². The van der Waals surface area contributed by atoms with Gasteiger partial charge in [0.05, 0.1) is 18.2 Å². The number of nitrogens with one attached hydrogen (secondary N) is 1. The van der Waals surface area contributed by atoms with Crippen molar-refractivity contribution in [2.75, 3.05) is 23.7 Å². The van der Waals surface area contributed by atoms with Gasteiger partial charge in [0.1, 0.15) is 18.9 Å². The first-order valence-corrected chi connectivity index (χ1v) is 9.93. The third-order valence-corrected chi connectivity index (χ3v) is 4.52. The first kappa shape index (κ1) is 20.2. The lowest BCUT2D eigenvalue weighted by Crippen LogP contribution is -2.38. The molecule has 0 unspecified atom stereocenters. The average Bonchev–Trinajstić information content (AvgIpc) is 2.65. The van der Waals surface area contributed by atoms with E-state index in [0.29, 0.717) is 18.0 Å². The van der Waals surface area contributed by atoms with Crippen molar-refractivity contribution >= 4 is 27.8 Å². The fourth-order valence-corrected chi connectivity index (χ4v) is 3.00. The minimum absolute atomic E-state index is 0.367. The summed E-state index contributed by atoms with van der Waals surface area (Å²) in [4.78, 5) is 12.1. The first-order chi connectivity index (χ1) is 12.9. The maximum atomic E-state index is 12.1. The van der Waals surface area contributed by atoms with Gasteiger partial charge in [-0.05, 0) is 42.0 Å². The third-order valence-electron chi connectivity index (χ3n) is 3.38. The van der Waals surface area contributed by atoms with Crippen molar-refractivity contribution in [2.45, 2.75) is 0 Å². The average molecular weight is 387 g/mol. The van der Waals surface area contributed by atoms with Crippen LogP contribution in [0.25, 0.3) is 0 Å². The maximum absolute atomic E-state index is 12.1. The molecule has 0 spiro atoms. The molecule has 0 aliphatic heterocycles. The van der Waals surface area contributed by atoms with Crippen molar-refractivity contribution in [3.05, 3.63) is 72.8 Å². The van der Waals surface area contributed by atoms with Crippen LogP contribution in [0.15, 0.2) is 72.4 Å². The van der Waals surface area contributed by atoms with Crippen LogP contribution in [0.3, 0.4) is 0 Å². The van der Waals surface area contributed by atoms with E-state index in [2.05, 4.69) is 17.1 Å². The summed E-state index contributed by atoms with van der Waals surface area (Å²) < 4.78 is 30.3. The van der Waals surface area contributed by atoms with Crippen LogP contribution >= 0.6 is 0 Å². The fourth-order valence-electron chi connectivity index (χ4n) is 2.14. The van der Waals surface area contributed by atoms with Gasteiger partial charge in [0.2, 0.25) is 10.0 Å². The zero-order valence-corrected chi connectivity index (χ0v) is 15.7. The second-order valence-electron chi connectivity index (χ2n) is 5.57. The normalized spacial score (nSPS) is 11.1. The van der Waals surface area contributed by atoms with E-state index in [1.54, 1.807) is 60.7 Å². The molecule has 1 N–H and O–H groups in total. The van der Waals surface area contributed by atoms with E-state index in [1.165, 1.54) is 6.21 Å². The molecule has 0 aliphatic rings. The Morgan fingerprint density at radius 2 is 1.85 bits per heavy atom. The Morgan fingerprint density at radius 3 is 2.44 bits per heavy atom. The first-order valence-electron chi connectivity index (χ1n) is 8.08. The van der Waals surface area contributed by atoms with Gasteiger partial charge in [-0.15, -0.1) is 0 Å². The second kappa shape index (κ2) is 9.54. The topological polar surface area (TPSA) is 88.1 Å². The summed E-state index contributed by atoms with van der Waals surface area (Å²) in [6.45, 7) is 3.63. The summed E-state index contributed by atoms with van der Waals surface area (Å²) in [7, 11) is -3.60. The molecule has 0 heterocycles. The molecular formula is C19H21N3O4S. The number of hydrogen-bond donors (Lipinski definition) is 1. The zero-order chi connectivity index (χ0) is 19.7. The maximum Gasteiger partial charge on any atom is 0.260 e. The molecule has 2 aromatic carbocycles. The molecule has 0 aliphatic carbocycles. The molecule has 0 fully saturated rings. The number of sulfonamides is 1. The van der Waals surface area contributed by atoms with Gasteiger partial charge in [-0.2, -0.15) is 5.10 Å². The van der Waals surface area contributed by atoms with Gasteiger partial charge in [-0.25, -0.2) is 13.8 Å². The van der Waals surface area contributed by atoms with E-state index < -0.39 is 15.9 Å². The van der Waals surface area contributed by atoms with Crippen LogP contribution in [0.2, 0.25) is 0 Å². The molecule has 0 saturated carbocycles. The lowest BCUT2D eigenvalue weighted by molar-refractivity contribution is -0.119. The molecular weight excluding hydrogens is 366 g/mol. The third kappa shape index (κ3) is 6.59. The van der Waals surface area contributed by atoms with Crippen LogP contribution in [-0.2, 0) is 14.8 Å². The lowest BCUT2D eigenvalue weighted by Gasteiger charge is -2.21. The van der Waals surface area contributed by atoms with Gasteiger partial charge < -0.3 is 4.74 Å². The number of amides is 1. The Morgan fingerprint density at radius 1 is 1.19 bits per heavy atom. The molecule has 2 rings (SSSR count). The zero-order valence-electron chi connectivity index (χ0n) is 14.9. The Bertz CT molecular complexity index is 894. The highest BCUT2D eigenvalue weighted by atomic mass is 32.2. The van der Waals surface area contributed by atoms with Gasteiger partial charge in [-0.3, -0.25) is 9.10 Å². The highest BCUT2D eigenvalue weighted by Crippen LogP contribution is 2.16. The van der Waals surface area contributed by atoms with Crippen molar-refractivity contribution in [3.63, 3.8) is 0 Å². The van der Waals surface area contributed by atoms with Gasteiger partial charge in [-0.1, -0.05) is 30.9 Å². The molecule has 0 aromatic heterocycles. The molecule has 0 radical (unpaired) electrons. The Kier molecular flexibility index (Phi) is 7.13. The van der Waals surface area contributed by atoms with Crippen LogP contribution in [-0.4, -0.2) is 39.9 Å². The summed E-state index contributed by atoms with van der Waals surface area (Å²) in [6.07, 6.45) is 4.16. The summed E-state index contributed by atoms with van der Waals surface area (Å²) in [5.74, 6) is 0.147. The van der Waals surface area contributed by atoms with Crippen molar-refractivity contribution in [2.24, 2.45) is 5.10 Å². The van der Waals surface area contributed by atoms with E-state index in [0.717, 1.165) is 16.1 Å².